The zero-order chi connectivity index (χ0) is 15.4. The second-order valence-corrected chi connectivity index (χ2v) is 5.25. The lowest BCUT2D eigenvalue weighted by atomic mass is 10.1. The first-order valence-electron chi connectivity index (χ1n) is 7.15. The number of aromatic amines is 2. The number of nitrogens with one attached hydrogen (secondary N) is 2. The van der Waals surface area contributed by atoms with Crippen molar-refractivity contribution < 1.29 is 9.50 Å². The molecule has 0 spiro atoms. The number of benzene rings is 1. The Morgan fingerprint density at radius 3 is 2.73 bits per heavy atom. The van der Waals surface area contributed by atoms with Gasteiger partial charge in [0, 0.05) is 18.3 Å². The van der Waals surface area contributed by atoms with Crippen molar-refractivity contribution in [2.24, 2.45) is 0 Å². The number of hydrogen-bond donors (Lipinski definition) is 3. The molecule has 22 heavy (non-hydrogen) atoms. The molecule has 2 aromatic heterocycles. The van der Waals surface area contributed by atoms with Crippen molar-refractivity contribution in [3.8, 4) is 0 Å². The zero-order valence-corrected chi connectivity index (χ0v) is 12.0. The molecule has 1 atom stereocenters. The van der Waals surface area contributed by atoms with E-state index in [2.05, 4.69) is 26.2 Å². The molecular weight excluding hydrogens is 283 g/mol. The van der Waals surface area contributed by atoms with Crippen LogP contribution in [0.15, 0.2) is 42.9 Å². The maximum atomic E-state index is 12.9. The van der Waals surface area contributed by atoms with Gasteiger partial charge in [-0.1, -0.05) is 12.1 Å². The Balaban J connectivity index is 1.56. The summed E-state index contributed by atoms with van der Waals surface area (Å²) in [5.74, 6) is 0.193. The summed E-state index contributed by atoms with van der Waals surface area (Å²) in [5, 5.41) is 16.4. The number of H-pyrrole nitrogens is 2. The number of aliphatic hydroxyl groups is 1. The normalized spacial score (nSPS) is 12.5. The Morgan fingerprint density at radius 2 is 2.00 bits per heavy atom. The first-order valence-corrected chi connectivity index (χ1v) is 7.15. The van der Waals surface area contributed by atoms with E-state index in [1.165, 1.54) is 18.5 Å². The fourth-order valence-electron chi connectivity index (χ4n) is 2.37. The fraction of sp³-hybridized carbons (Fsp3) is 0.250. The minimum atomic E-state index is -0.665. The van der Waals surface area contributed by atoms with E-state index in [1.54, 1.807) is 12.1 Å². The third-order valence-corrected chi connectivity index (χ3v) is 3.55. The number of hydrogen-bond acceptors (Lipinski definition) is 3. The Bertz CT molecular complexity index is 706. The number of aliphatic hydroxyl groups excluding tert-OH is 1. The van der Waals surface area contributed by atoms with Crippen LogP contribution in [0.5, 0.6) is 0 Å². The third-order valence-electron chi connectivity index (χ3n) is 3.55. The summed E-state index contributed by atoms with van der Waals surface area (Å²) in [6.07, 6.45) is 4.74. The largest absolute Gasteiger partial charge is 0.385 e. The molecule has 0 saturated carbocycles. The van der Waals surface area contributed by atoms with Crippen LogP contribution < -0.4 is 0 Å². The molecular formula is C16H17FN4O. The standard InChI is InChI=1S/C16H17FN4O/c17-13-4-1-11(2-5-13)7-14-8-12(9-18-14)3-6-15(22)16-19-10-20-21-16/h1-2,4-5,8-10,15,18,22H,3,6-7H2,(H,19,20,21). The van der Waals surface area contributed by atoms with Crippen molar-refractivity contribution in [3.63, 3.8) is 0 Å². The fourth-order valence-corrected chi connectivity index (χ4v) is 2.37. The van der Waals surface area contributed by atoms with Gasteiger partial charge in [0.2, 0.25) is 0 Å². The van der Waals surface area contributed by atoms with E-state index in [1.807, 2.05) is 6.20 Å². The summed E-state index contributed by atoms with van der Waals surface area (Å²) in [7, 11) is 0. The van der Waals surface area contributed by atoms with Gasteiger partial charge in [0.05, 0.1) is 0 Å². The zero-order valence-electron chi connectivity index (χ0n) is 12.0. The van der Waals surface area contributed by atoms with E-state index >= 15 is 0 Å². The van der Waals surface area contributed by atoms with Gasteiger partial charge in [-0.15, -0.1) is 0 Å². The molecule has 5 nitrogen and oxygen atoms in total. The molecule has 114 valence electrons. The maximum Gasteiger partial charge on any atom is 0.178 e. The summed E-state index contributed by atoms with van der Waals surface area (Å²) in [5.41, 5.74) is 3.23. The highest BCUT2D eigenvalue weighted by Gasteiger charge is 2.11. The molecule has 1 unspecified atom stereocenters. The van der Waals surface area contributed by atoms with Crippen molar-refractivity contribution in [1.82, 2.24) is 20.2 Å². The molecule has 0 saturated heterocycles. The van der Waals surface area contributed by atoms with Crippen molar-refractivity contribution >= 4 is 0 Å². The predicted molar refractivity (Wildman–Crippen MR) is 79.7 cm³/mol. The van der Waals surface area contributed by atoms with Crippen LogP contribution in [-0.4, -0.2) is 25.3 Å². The summed E-state index contributed by atoms with van der Waals surface area (Å²) in [6.45, 7) is 0. The molecule has 0 amide bonds. The Kier molecular flexibility index (Phi) is 4.29. The Labute approximate surface area is 127 Å². The van der Waals surface area contributed by atoms with Crippen LogP contribution in [0.4, 0.5) is 4.39 Å². The molecule has 0 fully saturated rings. The molecule has 0 aliphatic rings. The highest BCUT2D eigenvalue weighted by atomic mass is 19.1. The third kappa shape index (κ3) is 3.59. The van der Waals surface area contributed by atoms with Gasteiger partial charge >= 0.3 is 0 Å². The van der Waals surface area contributed by atoms with Crippen molar-refractivity contribution in [2.45, 2.75) is 25.4 Å². The number of aromatic nitrogens is 4. The van der Waals surface area contributed by atoms with Gasteiger partial charge in [0.15, 0.2) is 5.82 Å². The minimum Gasteiger partial charge on any atom is -0.385 e. The molecule has 0 bridgehead atoms. The highest BCUT2D eigenvalue weighted by Crippen LogP contribution is 2.17. The molecule has 6 heteroatoms. The molecule has 1 aromatic carbocycles. The number of halogens is 1. The van der Waals surface area contributed by atoms with E-state index in [9.17, 15) is 9.50 Å². The summed E-state index contributed by atoms with van der Waals surface area (Å²) >= 11 is 0. The van der Waals surface area contributed by atoms with E-state index in [-0.39, 0.29) is 5.82 Å². The van der Waals surface area contributed by atoms with E-state index < -0.39 is 6.10 Å². The van der Waals surface area contributed by atoms with E-state index in [0.717, 1.165) is 29.7 Å². The number of nitrogens with zero attached hydrogens (tertiary/aromatic N) is 2. The smallest absolute Gasteiger partial charge is 0.178 e. The molecule has 0 radical (unpaired) electrons. The van der Waals surface area contributed by atoms with Crippen molar-refractivity contribution in [3.05, 3.63) is 71.3 Å². The molecule has 2 heterocycles. The lowest BCUT2D eigenvalue weighted by Gasteiger charge is -2.04. The lowest BCUT2D eigenvalue weighted by Crippen LogP contribution is -2.01. The second kappa shape index (κ2) is 6.53. The van der Waals surface area contributed by atoms with Crippen molar-refractivity contribution in [1.29, 1.82) is 0 Å². The highest BCUT2D eigenvalue weighted by molar-refractivity contribution is 5.25. The summed E-state index contributed by atoms with van der Waals surface area (Å²) in [4.78, 5) is 7.16. The number of rotatable bonds is 6. The first kappa shape index (κ1) is 14.5. The molecule has 0 aliphatic carbocycles. The molecule has 3 aromatic rings. The van der Waals surface area contributed by atoms with Crippen LogP contribution >= 0.6 is 0 Å². The quantitative estimate of drug-likeness (QED) is 0.654. The summed E-state index contributed by atoms with van der Waals surface area (Å²) < 4.78 is 12.9. The van der Waals surface area contributed by atoms with Gasteiger partial charge in [-0.3, -0.25) is 5.10 Å². The van der Waals surface area contributed by atoms with Gasteiger partial charge in [0.25, 0.3) is 0 Å². The monoisotopic (exact) mass is 300 g/mol. The van der Waals surface area contributed by atoms with Gasteiger partial charge in [0.1, 0.15) is 18.2 Å². The average molecular weight is 300 g/mol. The Morgan fingerprint density at radius 1 is 1.18 bits per heavy atom. The topological polar surface area (TPSA) is 77.6 Å². The van der Waals surface area contributed by atoms with E-state index in [0.29, 0.717) is 12.2 Å². The maximum absolute atomic E-state index is 12.9. The second-order valence-electron chi connectivity index (χ2n) is 5.25. The predicted octanol–water partition coefficient (Wildman–Crippen LogP) is 2.53. The van der Waals surface area contributed by atoms with Crippen LogP contribution in [-0.2, 0) is 12.8 Å². The van der Waals surface area contributed by atoms with Gasteiger partial charge in [-0.25, -0.2) is 9.37 Å². The van der Waals surface area contributed by atoms with Gasteiger partial charge < -0.3 is 10.1 Å². The number of aryl methyl sites for hydroxylation is 1. The van der Waals surface area contributed by atoms with Crippen molar-refractivity contribution in [2.75, 3.05) is 0 Å². The Hall–Kier alpha value is -2.47. The molecule has 3 rings (SSSR count). The average Bonchev–Trinajstić information content (AvgIpc) is 3.19. The molecule has 0 aliphatic heterocycles. The van der Waals surface area contributed by atoms with Gasteiger partial charge in [-0.2, -0.15) is 5.10 Å². The van der Waals surface area contributed by atoms with Crippen LogP contribution in [0.3, 0.4) is 0 Å². The van der Waals surface area contributed by atoms with Gasteiger partial charge in [-0.05, 0) is 42.2 Å². The molecule has 3 N–H and O–H groups in total. The van der Waals surface area contributed by atoms with Crippen LogP contribution in [0.2, 0.25) is 0 Å². The SMILES string of the molecule is OC(CCc1c[nH]c(Cc2ccc(F)cc2)c1)c1nc[nH]n1. The summed E-state index contributed by atoms with van der Waals surface area (Å²) in [6, 6.07) is 8.55. The van der Waals surface area contributed by atoms with E-state index in [4.69, 9.17) is 0 Å². The minimum absolute atomic E-state index is 0.225. The van der Waals surface area contributed by atoms with Crippen LogP contribution in [0.25, 0.3) is 0 Å². The first-order chi connectivity index (χ1) is 10.7. The van der Waals surface area contributed by atoms with Crippen LogP contribution in [0.1, 0.15) is 35.2 Å². The van der Waals surface area contributed by atoms with Crippen LogP contribution in [0, 0.1) is 5.82 Å². The lowest BCUT2D eigenvalue weighted by molar-refractivity contribution is 0.158.